The van der Waals surface area contributed by atoms with Gasteiger partial charge >= 0.3 is 0 Å². The summed E-state index contributed by atoms with van der Waals surface area (Å²) in [5.74, 6) is 0. The minimum absolute atomic E-state index is 0.153. The number of rotatable bonds is 4. The Labute approximate surface area is 76.5 Å². The van der Waals surface area contributed by atoms with Crippen LogP contribution in [0.1, 0.15) is 29.4 Å². The lowest BCUT2D eigenvalue weighted by Gasteiger charge is -2.06. The van der Waals surface area contributed by atoms with Crippen molar-refractivity contribution in [3.05, 3.63) is 21.9 Å². The molecule has 0 radical (unpaired) electrons. The normalized spacial score (nSPS) is 13.2. The fraction of sp³-hybridized carbons (Fsp3) is 0.556. The van der Waals surface area contributed by atoms with E-state index in [0.29, 0.717) is 12.8 Å². The highest BCUT2D eigenvalue weighted by Crippen LogP contribution is 2.23. The van der Waals surface area contributed by atoms with Gasteiger partial charge in [-0.25, -0.2) is 0 Å². The van der Waals surface area contributed by atoms with Gasteiger partial charge in [0.25, 0.3) is 0 Å². The predicted octanol–water partition coefficient (Wildman–Crippen LogP) is 1.86. The summed E-state index contributed by atoms with van der Waals surface area (Å²) in [5, 5.41) is 20.1. The van der Waals surface area contributed by atoms with E-state index in [9.17, 15) is 5.11 Å². The first-order valence-corrected chi connectivity index (χ1v) is 4.96. The number of aryl methyl sites for hydroxylation is 1. The van der Waals surface area contributed by atoms with Crippen LogP contribution in [-0.2, 0) is 0 Å². The van der Waals surface area contributed by atoms with E-state index in [4.69, 9.17) is 5.11 Å². The average Bonchev–Trinajstić information content (AvgIpc) is 2.47. The number of hydrogen-bond acceptors (Lipinski definition) is 3. The van der Waals surface area contributed by atoms with Gasteiger partial charge in [0.1, 0.15) is 0 Å². The first-order valence-electron chi connectivity index (χ1n) is 4.08. The van der Waals surface area contributed by atoms with Crippen molar-refractivity contribution in [2.75, 3.05) is 6.61 Å². The van der Waals surface area contributed by atoms with Crippen molar-refractivity contribution in [3.63, 3.8) is 0 Å². The van der Waals surface area contributed by atoms with Crippen LogP contribution in [0.15, 0.2) is 11.4 Å². The van der Waals surface area contributed by atoms with E-state index in [-0.39, 0.29) is 6.61 Å². The summed E-state index contributed by atoms with van der Waals surface area (Å²) in [6.45, 7) is 2.17. The molecule has 0 spiro atoms. The van der Waals surface area contributed by atoms with Gasteiger partial charge < -0.3 is 10.2 Å². The molecule has 0 saturated heterocycles. The van der Waals surface area contributed by atoms with Gasteiger partial charge in [0.05, 0.1) is 6.10 Å². The molecule has 68 valence electrons. The van der Waals surface area contributed by atoms with Gasteiger partial charge in [0.2, 0.25) is 0 Å². The molecule has 0 bridgehead atoms. The molecular formula is C9H14O2S. The summed E-state index contributed by atoms with van der Waals surface area (Å²) in [6.07, 6.45) is 0.907. The van der Waals surface area contributed by atoms with E-state index in [1.54, 1.807) is 11.3 Å². The fourth-order valence-corrected chi connectivity index (χ4v) is 1.84. The van der Waals surface area contributed by atoms with Crippen LogP contribution in [0.4, 0.5) is 0 Å². The quantitative estimate of drug-likeness (QED) is 0.753. The first kappa shape index (κ1) is 9.71. The van der Waals surface area contributed by atoms with Gasteiger partial charge in [0, 0.05) is 11.5 Å². The fourth-order valence-electron chi connectivity index (χ4n) is 1.09. The molecule has 2 N–H and O–H groups in total. The molecule has 2 nitrogen and oxygen atoms in total. The lowest BCUT2D eigenvalue weighted by atomic mass is 10.1. The number of hydrogen-bond donors (Lipinski definition) is 2. The molecule has 0 aliphatic carbocycles. The molecule has 1 heterocycles. The van der Waals surface area contributed by atoms with Gasteiger partial charge in [-0.15, -0.1) is 11.3 Å². The van der Waals surface area contributed by atoms with E-state index < -0.39 is 6.10 Å². The van der Waals surface area contributed by atoms with Crippen LogP contribution in [-0.4, -0.2) is 16.8 Å². The van der Waals surface area contributed by atoms with Gasteiger partial charge in [-0.1, -0.05) is 0 Å². The maximum atomic E-state index is 9.56. The Morgan fingerprint density at radius 3 is 2.83 bits per heavy atom. The van der Waals surface area contributed by atoms with Crippen LogP contribution in [0.5, 0.6) is 0 Å². The summed E-state index contributed by atoms with van der Waals surface area (Å²) < 4.78 is 0. The van der Waals surface area contributed by atoms with Crippen molar-refractivity contribution < 1.29 is 10.2 Å². The van der Waals surface area contributed by atoms with Crippen molar-refractivity contribution in [2.45, 2.75) is 25.9 Å². The molecule has 1 atom stereocenters. The van der Waals surface area contributed by atoms with Crippen molar-refractivity contribution in [1.82, 2.24) is 0 Å². The monoisotopic (exact) mass is 186 g/mol. The van der Waals surface area contributed by atoms with Crippen LogP contribution in [0, 0.1) is 6.92 Å². The Morgan fingerprint density at radius 2 is 2.33 bits per heavy atom. The number of thiophene rings is 1. The molecule has 0 aliphatic heterocycles. The Balaban J connectivity index is 2.47. The van der Waals surface area contributed by atoms with Gasteiger partial charge in [-0.05, 0) is 36.8 Å². The van der Waals surface area contributed by atoms with Crippen molar-refractivity contribution in [1.29, 1.82) is 0 Å². The van der Waals surface area contributed by atoms with E-state index in [2.05, 4.69) is 0 Å². The summed E-state index contributed by atoms with van der Waals surface area (Å²) in [6, 6.07) is 1.99. The van der Waals surface area contributed by atoms with Crippen LogP contribution in [0.25, 0.3) is 0 Å². The molecular weight excluding hydrogens is 172 g/mol. The summed E-state index contributed by atoms with van der Waals surface area (Å²) in [7, 11) is 0. The first-order chi connectivity index (χ1) is 5.74. The van der Waals surface area contributed by atoms with Crippen LogP contribution < -0.4 is 0 Å². The SMILES string of the molecule is Cc1cc(C(O)CCCO)cs1. The Kier molecular flexibility index (Phi) is 3.72. The smallest absolute Gasteiger partial charge is 0.0799 e. The lowest BCUT2D eigenvalue weighted by Crippen LogP contribution is -1.96. The zero-order chi connectivity index (χ0) is 8.97. The second-order valence-corrected chi connectivity index (χ2v) is 3.99. The molecule has 3 heteroatoms. The summed E-state index contributed by atoms with van der Waals surface area (Å²) in [4.78, 5) is 1.22. The molecule has 1 aromatic rings. The highest BCUT2D eigenvalue weighted by molar-refractivity contribution is 7.10. The zero-order valence-corrected chi connectivity index (χ0v) is 7.97. The Hall–Kier alpha value is -0.380. The van der Waals surface area contributed by atoms with E-state index in [1.165, 1.54) is 4.88 Å². The molecule has 12 heavy (non-hydrogen) atoms. The highest BCUT2D eigenvalue weighted by atomic mass is 32.1. The number of aliphatic hydroxyl groups excluding tert-OH is 2. The van der Waals surface area contributed by atoms with E-state index >= 15 is 0 Å². The van der Waals surface area contributed by atoms with Crippen LogP contribution in [0.2, 0.25) is 0 Å². The van der Waals surface area contributed by atoms with Crippen molar-refractivity contribution in [3.8, 4) is 0 Å². The largest absolute Gasteiger partial charge is 0.396 e. The van der Waals surface area contributed by atoms with Crippen molar-refractivity contribution >= 4 is 11.3 Å². The third-order valence-corrected chi connectivity index (χ3v) is 2.65. The third-order valence-electron chi connectivity index (χ3n) is 1.77. The molecule has 0 aromatic carbocycles. The minimum Gasteiger partial charge on any atom is -0.396 e. The molecule has 1 aromatic heterocycles. The van der Waals surface area contributed by atoms with Gasteiger partial charge in [-0.3, -0.25) is 0 Å². The van der Waals surface area contributed by atoms with Crippen molar-refractivity contribution in [2.24, 2.45) is 0 Å². The molecule has 0 amide bonds. The maximum Gasteiger partial charge on any atom is 0.0799 e. The molecule has 0 aliphatic rings. The zero-order valence-electron chi connectivity index (χ0n) is 7.16. The number of aliphatic hydroxyl groups is 2. The van der Waals surface area contributed by atoms with E-state index in [0.717, 1.165) is 5.56 Å². The van der Waals surface area contributed by atoms with Gasteiger partial charge in [0.15, 0.2) is 0 Å². The summed E-state index contributed by atoms with van der Waals surface area (Å²) in [5.41, 5.74) is 0.978. The topological polar surface area (TPSA) is 40.5 Å². The maximum absolute atomic E-state index is 9.56. The molecule has 1 unspecified atom stereocenters. The Bertz CT molecular complexity index is 232. The Morgan fingerprint density at radius 1 is 1.58 bits per heavy atom. The summed E-state index contributed by atoms with van der Waals surface area (Å²) >= 11 is 1.64. The molecule has 0 fully saturated rings. The van der Waals surface area contributed by atoms with Crippen LogP contribution >= 0.6 is 11.3 Å². The predicted molar refractivity (Wildman–Crippen MR) is 50.3 cm³/mol. The van der Waals surface area contributed by atoms with Gasteiger partial charge in [-0.2, -0.15) is 0 Å². The lowest BCUT2D eigenvalue weighted by molar-refractivity contribution is 0.152. The second-order valence-electron chi connectivity index (χ2n) is 2.87. The van der Waals surface area contributed by atoms with E-state index in [1.807, 2.05) is 18.4 Å². The second kappa shape index (κ2) is 4.60. The minimum atomic E-state index is -0.401. The molecule has 1 rings (SSSR count). The average molecular weight is 186 g/mol. The highest BCUT2D eigenvalue weighted by Gasteiger charge is 2.07. The third kappa shape index (κ3) is 2.59. The van der Waals surface area contributed by atoms with Crippen LogP contribution in [0.3, 0.4) is 0 Å². The molecule has 0 saturated carbocycles. The standard InChI is InChI=1S/C9H14O2S/c1-7-5-8(6-12-7)9(11)3-2-4-10/h5-6,9-11H,2-4H2,1H3.